The minimum atomic E-state index is -1.25. The van der Waals surface area contributed by atoms with Gasteiger partial charge in [-0.3, -0.25) is 19.8 Å². The normalized spacial score (nSPS) is 18.4. The van der Waals surface area contributed by atoms with Gasteiger partial charge in [-0.25, -0.2) is 5.48 Å². The van der Waals surface area contributed by atoms with Crippen molar-refractivity contribution in [1.29, 1.82) is 0 Å². The van der Waals surface area contributed by atoms with E-state index >= 15 is 0 Å². The average molecular weight is 507 g/mol. The minimum absolute atomic E-state index is 0.155. The number of carbonyl (C=O) groups is 2. The maximum Gasteiger partial charge on any atom is 0.266 e. The van der Waals surface area contributed by atoms with Crippen molar-refractivity contribution in [2.45, 2.75) is 51.5 Å². The second-order valence-corrected chi connectivity index (χ2v) is 9.88. The van der Waals surface area contributed by atoms with E-state index in [4.69, 9.17) is 15.2 Å². The molecule has 0 radical (unpaired) electrons. The molecule has 0 spiro atoms. The highest BCUT2D eigenvalue weighted by molar-refractivity contribution is 5.94. The molecule has 0 aliphatic carbocycles. The lowest BCUT2D eigenvalue weighted by Gasteiger charge is -2.30. The molecule has 2 atom stereocenters. The monoisotopic (exact) mass is 506 g/mol. The van der Waals surface area contributed by atoms with Crippen molar-refractivity contribution >= 4 is 22.7 Å². The van der Waals surface area contributed by atoms with Crippen molar-refractivity contribution in [2.75, 3.05) is 13.7 Å². The summed E-state index contributed by atoms with van der Waals surface area (Å²) in [5, 5.41) is 10.2. The third kappa shape index (κ3) is 5.58. The zero-order valence-corrected chi connectivity index (χ0v) is 21.4. The third-order valence-corrected chi connectivity index (χ3v) is 6.78. The number of methoxy groups -OCH3 is 1. The fraction of sp³-hybridized carbons (Fsp3) is 0.393. The molecule has 2 aromatic carbocycles. The largest absolute Gasteiger partial charge is 0.489 e. The lowest BCUT2D eigenvalue weighted by molar-refractivity contribution is -0.144. The van der Waals surface area contributed by atoms with Gasteiger partial charge in [0.15, 0.2) is 0 Å². The summed E-state index contributed by atoms with van der Waals surface area (Å²) in [6, 6.07) is 16.3. The molecule has 9 heteroatoms. The first-order valence-corrected chi connectivity index (χ1v) is 12.4. The first-order valence-electron chi connectivity index (χ1n) is 12.4. The third-order valence-electron chi connectivity index (χ3n) is 6.78. The van der Waals surface area contributed by atoms with Crippen molar-refractivity contribution in [3.63, 3.8) is 0 Å². The van der Waals surface area contributed by atoms with Crippen LogP contribution in [0.1, 0.15) is 43.5 Å². The molecule has 2 amide bonds. The molecule has 196 valence electrons. The van der Waals surface area contributed by atoms with Gasteiger partial charge in [-0.1, -0.05) is 44.2 Å². The van der Waals surface area contributed by atoms with Gasteiger partial charge in [0.05, 0.1) is 17.8 Å². The summed E-state index contributed by atoms with van der Waals surface area (Å²) < 4.78 is 11.3. The van der Waals surface area contributed by atoms with Gasteiger partial charge in [-0.15, -0.1) is 0 Å². The summed E-state index contributed by atoms with van der Waals surface area (Å²) in [5.74, 6) is -0.139. The Morgan fingerprint density at radius 3 is 2.59 bits per heavy atom. The standard InChI is InChI=1S/C28H34N4O5/c1-18(2)14-25(26(33)31-35)32-13-12-28(29,27(32)34)20-8-10-22(11-9-20)37-16-19-15-21(17-36-3)30-24-7-5-4-6-23(19)24/h4-11,15,18,25,35H,12-14,16-17,29H2,1-3H3,(H,31,33)/t25-,28?/m1/s1. The number of amides is 2. The Morgan fingerprint density at radius 2 is 1.92 bits per heavy atom. The van der Waals surface area contributed by atoms with Crippen LogP contribution in [-0.2, 0) is 33.1 Å². The van der Waals surface area contributed by atoms with E-state index in [0.717, 1.165) is 22.2 Å². The molecule has 37 heavy (non-hydrogen) atoms. The fourth-order valence-corrected chi connectivity index (χ4v) is 4.88. The van der Waals surface area contributed by atoms with Crippen molar-refractivity contribution in [3.8, 4) is 5.75 Å². The highest BCUT2D eigenvalue weighted by atomic mass is 16.5. The van der Waals surface area contributed by atoms with Crippen LogP contribution in [0.25, 0.3) is 10.9 Å². The van der Waals surface area contributed by atoms with Gasteiger partial charge >= 0.3 is 0 Å². The molecule has 9 nitrogen and oxygen atoms in total. The molecule has 1 fully saturated rings. The number of benzene rings is 2. The van der Waals surface area contributed by atoms with Crippen molar-refractivity contribution in [2.24, 2.45) is 11.7 Å². The molecular formula is C28H34N4O5. The lowest BCUT2D eigenvalue weighted by Crippen LogP contribution is -2.52. The molecule has 4 N–H and O–H groups in total. The second-order valence-electron chi connectivity index (χ2n) is 9.88. The van der Waals surface area contributed by atoms with Crippen LogP contribution in [0.2, 0.25) is 0 Å². The Balaban J connectivity index is 1.49. The van der Waals surface area contributed by atoms with Crippen LogP contribution in [-0.4, -0.2) is 46.6 Å². The summed E-state index contributed by atoms with van der Waals surface area (Å²) in [7, 11) is 1.64. The van der Waals surface area contributed by atoms with Crippen molar-refractivity contribution < 1.29 is 24.3 Å². The summed E-state index contributed by atoms with van der Waals surface area (Å²) in [6.07, 6.45) is 0.793. The summed E-state index contributed by atoms with van der Waals surface area (Å²) in [6.45, 7) is 5.00. The first-order chi connectivity index (χ1) is 17.8. The van der Waals surface area contributed by atoms with Crippen LogP contribution < -0.4 is 16.0 Å². The summed E-state index contributed by atoms with van der Waals surface area (Å²) in [4.78, 5) is 31.8. The first kappa shape index (κ1) is 26.5. The maximum atomic E-state index is 13.4. The highest BCUT2D eigenvalue weighted by Gasteiger charge is 2.48. The predicted molar refractivity (Wildman–Crippen MR) is 139 cm³/mol. The Morgan fingerprint density at radius 1 is 1.19 bits per heavy atom. The molecule has 0 saturated carbocycles. The lowest BCUT2D eigenvalue weighted by atomic mass is 9.89. The number of nitrogens with two attached hydrogens (primary N) is 1. The quantitative estimate of drug-likeness (QED) is 0.284. The van der Waals surface area contributed by atoms with E-state index in [2.05, 4.69) is 4.98 Å². The van der Waals surface area contributed by atoms with E-state index in [1.54, 1.807) is 36.9 Å². The number of pyridine rings is 1. The van der Waals surface area contributed by atoms with Crippen LogP contribution in [0, 0.1) is 5.92 Å². The zero-order chi connectivity index (χ0) is 26.6. The zero-order valence-electron chi connectivity index (χ0n) is 21.4. The Bertz CT molecular complexity index is 1260. The smallest absolute Gasteiger partial charge is 0.266 e. The van der Waals surface area contributed by atoms with E-state index in [1.165, 1.54) is 4.90 Å². The number of hydroxylamine groups is 1. The number of nitrogens with zero attached hydrogens (tertiary/aromatic N) is 2. The number of para-hydroxylation sites is 1. The van der Waals surface area contributed by atoms with E-state index < -0.39 is 17.5 Å². The van der Waals surface area contributed by atoms with Crippen LogP contribution in [0.15, 0.2) is 54.6 Å². The van der Waals surface area contributed by atoms with E-state index in [0.29, 0.717) is 43.9 Å². The molecule has 4 rings (SSSR count). The average Bonchev–Trinajstić information content (AvgIpc) is 3.20. The van der Waals surface area contributed by atoms with E-state index in [1.807, 2.05) is 44.2 Å². The van der Waals surface area contributed by atoms with Gasteiger partial charge in [-0.05, 0) is 48.6 Å². The molecule has 3 aromatic rings. The minimum Gasteiger partial charge on any atom is -0.489 e. The summed E-state index contributed by atoms with van der Waals surface area (Å²) in [5.41, 5.74) is 10.4. The number of hydrogen-bond acceptors (Lipinski definition) is 7. The van der Waals surface area contributed by atoms with Crippen molar-refractivity contribution in [1.82, 2.24) is 15.4 Å². The number of likely N-dealkylation sites (tertiary alicyclic amines) is 1. The van der Waals surface area contributed by atoms with Gasteiger partial charge < -0.3 is 20.1 Å². The molecule has 0 bridgehead atoms. The van der Waals surface area contributed by atoms with Gasteiger partial charge in [0, 0.05) is 24.6 Å². The number of nitrogens with one attached hydrogen (secondary N) is 1. The number of ether oxygens (including phenoxy) is 2. The van der Waals surface area contributed by atoms with Gasteiger partial charge in [0.1, 0.15) is 23.9 Å². The van der Waals surface area contributed by atoms with Crippen LogP contribution >= 0.6 is 0 Å². The number of aromatic nitrogens is 1. The maximum absolute atomic E-state index is 13.4. The van der Waals surface area contributed by atoms with Gasteiger partial charge in [0.2, 0.25) is 5.91 Å². The molecule has 1 saturated heterocycles. The number of rotatable bonds is 10. The van der Waals surface area contributed by atoms with Crippen LogP contribution in [0.5, 0.6) is 5.75 Å². The second kappa shape index (κ2) is 11.2. The number of hydrogen-bond donors (Lipinski definition) is 3. The SMILES string of the molecule is COCc1cc(COc2ccc(C3(N)CCN([C@H](CC(C)C)C(=O)NO)C3=O)cc2)c2ccccc2n1. The van der Waals surface area contributed by atoms with Gasteiger partial charge in [0.25, 0.3) is 5.91 Å². The van der Waals surface area contributed by atoms with E-state index in [-0.39, 0.29) is 11.8 Å². The van der Waals surface area contributed by atoms with Crippen LogP contribution in [0.3, 0.4) is 0 Å². The molecule has 1 aromatic heterocycles. The Kier molecular flexibility index (Phi) is 8.06. The van der Waals surface area contributed by atoms with Crippen molar-refractivity contribution in [3.05, 3.63) is 71.4 Å². The fourth-order valence-electron chi connectivity index (χ4n) is 4.88. The highest BCUT2D eigenvalue weighted by Crippen LogP contribution is 2.34. The predicted octanol–water partition coefficient (Wildman–Crippen LogP) is 3.27. The van der Waals surface area contributed by atoms with E-state index in [9.17, 15) is 14.8 Å². The van der Waals surface area contributed by atoms with Crippen LogP contribution in [0.4, 0.5) is 0 Å². The summed E-state index contributed by atoms with van der Waals surface area (Å²) >= 11 is 0. The number of fused-ring (bicyclic) bond motifs is 1. The Hall–Kier alpha value is -3.53. The van der Waals surface area contributed by atoms with Gasteiger partial charge in [-0.2, -0.15) is 0 Å². The number of carbonyl (C=O) groups excluding carboxylic acids is 2. The molecule has 1 aliphatic rings. The molecule has 2 heterocycles. The Labute approximate surface area is 216 Å². The molecule has 1 unspecified atom stereocenters. The molecular weight excluding hydrogens is 472 g/mol. The topological polar surface area (TPSA) is 127 Å². The molecule has 1 aliphatic heterocycles.